The quantitative estimate of drug-likeness (QED) is 0.158. The van der Waals surface area contributed by atoms with E-state index in [-0.39, 0.29) is 0 Å². The molecule has 0 radical (unpaired) electrons. The minimum absolute atomic E-state index is 0.855. The largest absolute Gasteiger partial charge is 0.455 e. The standard InChI is InChI=1S/C58H36N2O/c1-3-13-37(14-4-1)44-29-30-55-52(33-44)53-35-46(38-15-5-2-6-16-38)34-51(58(53)61-55)40-27-25-39(26-28-40)41-17-11-18-42(31-41)43-19-12-20-45(32-43)54-36-59-56-49-23-9-7-21-47(49)48-22-8-10-24-50(48)57(56)60-54/h1-36H. The molecule has 0 amide bonds. The predicted octanol–water partition coefficient (Wildman–Crippen LogP) is 15.8. The summed E-state index contributed by atoms with van der Waals surface area (Å²) in [6, 6.07) is 75.5. The normalized spacial score (nSPS) is 11.6. The second-order valence-corrected chi connectivity index (χ2v) is 15.7. The maximum Gasteiger partial charge on any atom is 0.143 e. The molecule has 0 bridgehead atoms. The van der Waals surface area contributed by atoms with Crippen molar-refractivity contribution in [2.45, 2.75) is 0 Å². The van der Waals surface area contributed by atoms with Crippen LogP contribution in [0.4, 0.5) is 0 Å². The summed E-state index contributed by atoms with van der Waals surface area (Å²) < 4.78 is 6.69. The summed E-state index contributed by atoms with van der Waals surface area (Å²) in [5, 5.41) is 6.85. The lowest BCUT2D eigenvalue weighted by molar-refractivity contribution is 0.670. The van der Waals surface area contributed by atoms with Gasteiger partial charge in [0, 0.05) is 32.7 Å². The first kappa shape index (κ1) is 34.9. The summed E-state index contributed by atoms with van der Waals surface area (Å²) in [5.41, 5.74) is 17.0. The second kappa shape index (κ2) is 14.3. The number of rotatable bonds is 6. The maximum absolute atomic E-state index is 6.69. The van der Waals surface area contributed by atoms with E-state index >= 15 is 0 Å². The van der Waals surface area contributed by atoms with Crippen molar-refractivity contribution in [3.05, 3.63) is 219 Å². The molecule has 0 fully saturated rings. The molecule has 0 aliphatic heterocycles. The Labute approximate surface area is 352 Å². The maximum atomic E-state index is 6.69. The second-order valence-electron chi connectivity index (χ2n) is 15.7. The van der Waals surface area contributed by atoms with Gasteiger partial charge in [-0.25, -0.2) is 4.98 Å². The van der Waals surface area contributed by atoms with E-state index in [4.69, 9.17) is 14.4 Å². The number of hydrogen-bond acceptors (Lipinski definition) is 3. The van der Waals surface area contributed by atoms with E-state index < -0.39 is 0 Å². The molecule has 0 saturated heterocycles. The van der Waals surface area contributed by atoms with Crippen LogP contribution in [-0.2, 0) is 0 Å². The van der Waals surface area contributed by atoms with Crippen molar-refractivity contribution < 1.29 is 4.42 Å². The Bertz CT molecular complexity index is 3590. The molecule has 3 heteroatoms. The molecule has 0 atom stereocenters. The molecule has 2 heterocycles. The Morgan fingerprint density at radius 3 is 1.46 bits per heavy atom. The van der Waals surface area contributed by atoms with Crippen LogP contribution in [0.5, 0.6) is 0 Å². The molecule has 61 heavy (non-hydrogen) atoms. The fourth-order valence-corrected chi connectivity index (χ4v) is 9.04. The van der Waals surface area contributed by atoms with E-state index in [2.05, 4.69) is 212 Å². The van der Waals surface area contributed by atoms with Gasteiger partial charge in [-0.2, -0.15) is 0 Å². The van der Waals surface area contributed by atoms with E-state index in [0.717, 1.165) is 93.9 Å². The van der Waals surface area contributed by atoms with Gasteiger partial charge in [-0.05, 0) is 97.2 Å². The number of hydrogen-bond donors (Lipinski definition) is 0. The molecular formula is C58H36N2O. The van der Waals surface area contributed by atoms with Gasteiger partial charge in [0.2, 0.25) is 0 Å². The highest BCUT2D eigenvalue weighted by molar-refractivity contribution is 6.23. The van der Waals surface area contributed by atoms with Crippen LogP contribution in [0.15, 0.2) is 223 Å². The van der Waals surface area contributed by atoms with Gasteiger partial charge in [0.15, 0.2) is 0 Å². The van der Waals surface area contributed by atoms with Gasteiger partial charge in [-0.15, -0.1) is 0 Å². The van der Waals surface area contributed by atoms with Crippen LogP contribution >= 0.6 is 0 Å². The molecule has 0 saturated carbocycles. The van der Waals surface area contributed by atoms with E-state index in [0.29, 0.717) is 0 Å². The Kier molecular flexibility index (Phi) is 8.17. The van der Waals surface area contributed by atoms with Crippen molar-refractivity contribution in [2.24, 2.45) is 0 Å². The summed E-state index contributed by atoms with van der Waals surface area (Å²) in [6.07, 6.45) is 1.91. The summed E-state index contributed by atoms with van der Waals surface area (Å²) in [6.45, 7) is 0. The third kappa shape index (κ3) is 6.06. The van der Waals surface area contributed by atoms with Crippen LogP contribution in [0.1, 0.15) is 0 Å². The SMILES string of the molecule is c1ccc(-c2ccc3oc4c(-c5ccc(-c6cccc(-c7cccc(-c8cnc9c%10ccccc%10c%10ccccc%10c9n8)c7)c6)cc5)cc(-c5ccccc5)cc4c3c2)cc1. The van der Waals surface area contributed by atoms with Gasteiger partial charge in [0.05, 0.1) is 22.9 Å². The van der Waals surface area contributed by atoms with E-state index in [1.54, 1.807) is 0 Å². The van der Waals surface area contributed by atoms with Crippen LogP contribution in [0.3, 0.4) is 0 Å². The fourth-order valence-electron chi connectivity index (χ4n) is 9.04. The van der Waals surface area contributed by atoms with Gasteiger partial charge in [-0.3, -0.25) is 4.98 Å². The molecule has 10 aromatic carbocycles. The Hall–Kier alpha value is -8.14. The number of furan rings is 1. The number of nitrogens with zero attached hydrogens (tertiary/aromatic N) is 2. The Morgan fingerprint density at radius 1 is 0.295 bits per heavy atom. The third-order valence-electron chi connectivity index (χ3n) is 12.1. The third-order valence-corrected chi connectivity index (χ3v) is 12.1. The highest BCUT2D eigenvalue weighted by Crippen LogP contribution is 2.42. The average molecular weight is 777 g/mol. The van der Waals surface area contributed by atoms with Crippen LogP contribution in [0.25, 0.3) is 121 Å². The minimum Gasteiger partial charge on any atom is -0.455 e. The zero-order valence-corrected chi connectivity index (χ0v) is 33.1. The van der Waals surface area contributed by atoms with Crippen LogP contribution in [0.2, 0.25) is 0 Å². The van der Waals surface area contributed by atoms with Crippen molar-refractivity contribution in [2.75, 3.05) is 0 Å². The minimum atomic E-state index is 0.855. The van der Waals surface area contributed by atoms with Gasteiger partial charge in [-0.1, -0.05) is 176 Å². The molecule has 12 aromatic rings. The zero-order valence-electron chi connectivity index (χ0n) is 33.1. The van der Waals surface area contributed by atoms with Crippen LogP contribution in [0, 0.1) is 0 Å². The molecule has 0 unspecified atom stereocenters. The average Bonchev–Trinajstić information content (AvgIpc) is 3.72. The van der Waals surface area contributed by atoms with E-state index in [1.165, 1.54) is 27.5 Å². The summed E-state index contributed by atoms with van der Waals surface area (Å²) in [7, 11) is 0. The molecule has 12 rings (SSSR count). The smallest absolute Gasteiger partial charge is 0.143 e. The summed E-state index contributed by atoms with van der Waals surface area (Å²) in [5.74, 6) is 0. The van der Waals surface area contributed by atoms with Crippen molar-refractivity contribution in [3.8, 4) is 66.9 Å². The van der Waals surface area contributed by atoms with Gasteiger partial charge >= 0.3 is 0 Å². The fraction of sp³-hybridized carbons (Fsp3) is 0. The first-order valence-electron chi connectivity index (χ1n) is 20.7. The highest BCUT2D eigenvalue weighted by atomic mass is 16.3. The number of fused-ring (bicyclic) bond motifs is 9. The van der Waals surface area contributed by atoms with Crippen LogP contribution < -0.4 is 0 Å². The van der Waals surface area contributed by atoms with Gasteiger partial charge in [0.1, 0.15) is 11.2 Å². The molecule has 0 spiro atoms. The summed E-state index contributed by atoms with van der Waals surface area (Å²) in [4.78, 5) is 10.3. The monoisotopic (exact) mass is 776 g/mol. The highest BCUT2D eigenvalue weighted by Gasteiger charge is 2.17. The molecule has 284 valence electrons. The van der Waals surface area contributed by atoms with Gasteiger partial charge < -0.3 is 4.42 Å². The molecule has 0 N–H and O–H groups in total. The number of aromatic nitrogens is 2. The van der Waals surface area contributed by atoms with Crippen molar-refractivity contribution in [1.29, 1.82) is 0 Å². The topological polar surface area (TPSA) is 38.9 Å². The van der Waals surface area contributed by atoms with Crippen molar-refractivity contribution >= 4 is 54.5 Å². The van der Waals surface area contributed by atoms with E-state index in [1.807, 2.05) is 6.20 Å². The van der Waals surface area contributed by atoms with Gasteiger partial charge in [0.25, 0.3) is 0 Å². The first-order valence-corrected chi connectivity index (χ1v) is 20.7. The van der Waals surface area contributed by atoms with Crippen molar-refractivity contribution in [3.63, 3.8) is 0 Å². The lowest BCUT2D eigenvalue weighted by Crippen LogP contribution is -1.92. The van der Waals surface area contributed by atoms with Crippen LogP contribution in [-0.4, -0.2) is 9.97 Å². The summed E-state index contributed by atoms with van der Waals surface area (Å²) >= 11 is 0. The lowest BCUT2D eigenvalue weighted by atomic mass is 9.93. The molecule has 0 aliphatic carbocycles. The number of benzene rings is 10. The molecule has 3 nitrogen and oxygen atoms in total. The Morgan fingerprint density at radius 2 is 0.770 bits per heavy atom. The van der Waals surface area contributed by atoms with Crippen molar-refractivity contribution in [1.82, 2.24) is 9.97 Å². The first-order chi connectivity index (χ1) is 30.2. The molecule has 2 aromatic heterocycles. The predicted molar refractivity (Wildman–Crippen MR) is 254 cm³/mol. The molecule has 0 aliphatic rings. The Balaban J connectivity index is 0.904. The van der Waals surface area contributed by atoms with E-state index in [9.17, 15) is 0 Å². The lowest BCUT2D eigenvalue weighted by Gasteiger charge is -2.12. The zero-order chi connectivity index (χ0) is 40.3. The molecular weight excluding hydrogens is 741 g/mol.